The van der Waals surface area contributed by atoms with E-state index in [9.17, 15) is 9.59 Å². The van der Waals surface area contributed by atoms with Gasteiger partial charge in [-0.15, -0.1) is 11.7 Å². The van der Waals surface area contributed by atoms with Crippen molar-refractivity contribution in [3.05, 3.63) is 48.6 Å². The fourth-order valence-corrected chi connectivity index (χ4v) is 2.88. The molecule has 0 aromatic heterocycles. The van der Waals surface area contributed by atoms with E-state index in [1.165, 1.54) is 16.7 Å². The van der Waals surface area contributed by atoms with Crippen molar-refractivity contribution in [3.8, 4) is 0 Å². The van der Waals surface area contributed by atoms with Gasteiger partial charge in [-0.2, -0.15) is 0 Å². The van der Waals surface area contributed by atoms with Crippen molar-refractivity contribution in [1.29, 1.82) is 0 Å². The zero-order chi connectivity index (χ0) is 16.7. The van der Waals surface area contributed by atoms with Crippen LogP contribution < -0.4 is 10.7 Å². The Labute approximate surface area is 144 Å². The summed E-state index contributed by atoms with van der Waals surface area (Å²) in [5, 5.41) is 7.22. The maximum Gasteiger partial charge on any atom is 0.239 e. The molecule has 2 N–H and O–H groups in total. The van der Waals surface area contributed by atoms with Gasteiger partial charge in [0.15, 0.2) is 10.3 Å². The molecule has 2 rings (SSSR count). The molecule has 0 spiro atoms. The van der Waals surface area contributed by atoms with Crippen molar-refractivity contribution < 1.29 is 9.59 Å². The van der Waals surface area contributed by atoms with E-state index < -0.39 is 0 Å². The van der Waals surface area contributed by atoms with E-state index >= 15 is 0 Å². The van der Waals surface area contributed by atoms with Crippen molar-refractivity contribution in [2.75, 3.05) is 12.3 Å². The molecule has 23 heavy (non-hydrogen) atoms. The Hall–Kier alpha value is -2.19. The molecule has 120 valence electrons. The standard InChI is InChI=1S/C15H16N4O2S2/c1-2-8-19-13(21)10-23-15(19)18-17-14(22)16-12(20)9-11-6-4-3-5-7-11/h2-7H,1,8-10H2,(H2,16,17,20,22)/b18-15-. The first-order chi connectivity index (χ1) is 11.1. The average Bonchev–Trinajstić information content (AvgIpc) is 2.87. The van der Waals surface area contributed by atoms with Crippen molar-refractivity contribution in [2.45, 2.75) is 6.42 Å². The fraction of sp³-hybridized carbons (Fsp3) is 0.200. The van der Waals surface area contributed by atoms with Gasteiger partial charge < -0.3 is 5.32 Å². The first-order valence-corrected chi connectivity index (χ1v) is 8.25. The normalized spacial score (nSPS) is 15.6. The zero-order valence-electron chi connectivity index (χ0n) is 12.3. The van der Waals surface area contributed by atoms with Gasteiger partial charge in [0, 0.05) is 6.54 Å². The second-order valence-corrected chi connectivity index (χ2v) is 5.98. The summed E-state index contributed by atoms with van der Waals surface area (Å²) in [4.78, 5) is 25.0. The quantitative estimate of drug-likeness (QED) is 0.476. The molecule has 0 aliphatic carbocycles. The van der Waals surface area contributed by atoms with Crippen LogP contribution in [0.4, 0.5) is 0 Å². The topological polar surface area (TPSA) is 73.8 Å². The van der Waals surface area contributed by atoms with Gasteiger partial charge in [-0.05, 0) is 17.8 Å². The lowest BCUT2D eigenvalue weighted by Gasteiger charge is -2.13. The van der Waals surface area contributed by atoms with Gasteiger partial charge in [-0.3, -0.25) is 19.9 Å². The molecule has 0 atom stereocenters. The summed E-state index contributed by atoms with van der Waals surface area (Å²) >= 11 is 6.34. The predicted molar refractivity (Wildman–Crippen MR) is 95.8 cm³/mol. The molecule has 1 aromatic rings. The summed E-state index contributed by atoms with van der Waals surface area (Å²) in [5.74, 6) is 0.0723. The molecule has 6 nitrogen and oxygen atoms in total. The Morgan fingerprint density at radius 1 is 1.43 bits per heavy atom. The van der Waals surface area contributed by atoms with E-state index in [0.717, 1.165) is 5.56 Å². The van der Waals surface area contributed by atoms with Crippen LogP contribution in [0.15, 0.2) is 48.1 Å². The van der Waals surface area contributed by atoms with Crippen LogP contribution in [0.3, 0.4) is 0 Å². The van der Waals surface area contributed by atoms with E-state index in [1.807, 2.05) is 30.3 Å². The number of hydrogen-bond donors (Lipinski definition) is 2. The fourth-order valence-electron chi connectivity index (χ4n) is 1.87. The van der Waals surface area contributed by atoms with Crippen LogP contribution in [0.25, 0.3) is 0 Å². The van der Waals surface area contributed by atoms with Crippen molar-refractivity contribution >= 4 is 46.1 Å². The number of thioether (sulfide) groups is 1. The summed E-state index contributed by atoms with van der Waals surface area (Å²) in [6.07, 6.45) is 1.86. The first-order valence-electron chi connectivity index (χ1n) is 6.85. The number of rotatable bonds is 5. The highest BCUT2D eigenvalue weighted by Crippen LogP contribution is 2.18. The Morgan fingerprint density at radius 3 is 2.87 bits per heavy atom. The highest BCUT2D eigenvalue weighted by molar-refractivity contribution is 8.15. The Balaban J connectivity index is 1.84. The van der Waals surface area contributed by atoms with Gasteiger partial charge in [0.25, 0.3) is 0 Å². The number of benzene rings is 1. The number of hydrazone groups is 1. The number of thiocarbonyl (C=S) groups is 1. The summed E-state index contributed by atoms with van der Waals surface area (Å²) in [6, 6.07) is 9.36. The van der Waals surface area contributed by atoms with Gasteiger partial charge in [0.05, 0.1) is 12.2 Å². The van der Waals surface area contributed by atoms with E-state index in [-0.39, 0.29) is 23.3 Å². The van der Waals surface area contributed by atoms with Gasteiger partial charge in [0.2, 0.25) is 11.8 Å². The second kappa shape index (κ2) is 8.44. The molecule has 2 amide bonds. The van der Waals surface area contributed by atoms with E-state index in [1.54, 1.807) is 6.08 Å². The highest BCUT2D eigenvalue weighted by atomic mass is 32.2. The Morgan fingerprint density at radius 2 is 2.17 bits per heavy atom. The van der Waals surface area contributed by atoms with Crippen molar-refractivity contribution in [3.63, 3.8) is 0 Å². The third-order valence-electron chi connectivity index (χ3n) is 2.88. The van der Waals surface area contributed by atoms with Crippen LogP contribution in [0, 0.1) is 0 Å². The SMILES string of the molecule is C=CCN1C(=O)CS/C1=N\NC(=S)NC(=O)Cc1ccccc1. The number of carbonyl (C=O) groups excluding carboxylic acids is 2. The molecule has 1 saturated heterocycles. The number of nitrogens with one attached hydrogen (secondary N) is 2. The van der Waals surface area contributed by atoms with Gasteiger partial charge >= 0.3 is 0 Å². The maximum atomic E-state index is 11.9. The molecular weight excluding hydrogens is 332 g/mol. The third-order valence-corrected chi connectivity index (χ3v) is 4.04. The zero-order valence-corrected chi connectivity index (χ0v) is 14.0. The van der Waals surface area contributed by atoms with E-state index in [0.29, 0.717) is 17.5 Å². The molecule has 0 radical (unpaired) electrons. The second-order valence-electron chi connectivity index (χ2n) is 4.63. The number of carbonyl (C=O) groups is 2. The molecule has 1 fully saturated rings. The minimum Gasteiger partial charge on any atom is -0.301 e. The summed E-state index contributed by atoms with van der Waals surface area (Å²) in [7, 11) is 0. The molecule has 0 saturated carbocycles. The number of nitrogens with zero attached hydrogens (tertiary/aromatic N) is 2. The summed E-state index contributed by atoms with van der Waals surface area (Å²) in [6.45, 7) is 3.99. The largest absolute Gasteiger partial charge is 0.301 e. The van der Waals surface area contributed by atoms with Crippen LogP contribution in [0.2, 0.25) is 0 Å². The lowest BCUT2D eigenvalue weighted by atomic mass is 10.1. The number of hydrogen-bond acceptors (Lipinski definition) is 5. The maximum absolute atomic E-state index is 11.9. The van der Waals surface area contributed by atoms with Crippen molar-refractivity contribution in [1.82, 2.24) is 15.6 Å². The average molecular weight is 348 g/mol. The summed E-state index contributed by atoms with van der Waals surface area (Å²) in [5.41, 5.74) is 3.49. The Kier molecular flexibility index (Phi) is 6.30. The third kappa shape index (κ3) is 5.19. The van der Waals surface area contributed by atoms with Crippen LogP contribution in [0.5, 0.6) is 0 Å². The van der Waals surface area contributed by atoms with Crippen LogP contribution >= 0.6 is 24.0 Å². The minimum atomic E-state index is -0.230. The smallest absolute Gasteiger partial charge is 0.239 e. The molecule has 0 unspecified atom stereocenters. The summed E-state index contributed by atoms with van der Waals surface area (Å²) < 4.78 is 0. The molecule has 1 heterocycles. The minimum absolute atomic E-state index is 0.0329. The predicted octanol–water partition coefficient (Wildman–Crippen LogP) is 1.25. The van der Waals surface area contributed by atoms with Gasteiger partial charge in [-0.1, -0.05) is 48.2 Å². The molecule has 8 heteroatoms. The van der Waals surface area contributed by atoms with Crippen molar-refractivity contribution in [2.24, 2.45) is 5.10 Å². The molecular formula is C15H16N4O2S2. The van der Waals surface area contributed by atoms with Crippen LogP contribution in [-0.4, -0.2) is 39.3 Å². The van der Waals surface area contributed by atoms with Crippen LogP contribution in [-0.2, 0) is 16.0 Å². The first kappa shape index (κ1) is 17.2. The van der Waals surface area contributed by atoms with E-state index in [4.69, 9.17) is 12.2 Å². The number of amides is 2. The highest BCUT2D eigenvalue weighted by Gasteiger charge is 2.27. The Bertz CT molecular complexity index is 646. The lowest BCUT2D eigenvalue weighted by molar-refractivity contribution is -0.123. The molecule has 1 aliphatic rings. The van der Waals surface area contributed by atoms with Crippen LogP contribution in [0.1, 0.15) is 5.56 Å². The van der Waals surface area contributed by atoms with Gasteiger partial charge in [-0.25, -0.2) is 0 Å². The van der Waals surface area contributed by atoms with E-state index in [2.05, 4.69) is 22.4 Å². The lowest BCUT2D eigenvalue weighted by Crippen LogP contribution is -2.39. The van der Waals surface area contributed by atoms with Gasteiger partial charge in [0.1, 0.15) is 0 Å². The monoisotopic (exact) mass is 348 g/mol. The number of amidine groups is 1. The molecule has 1 aromatic carbocycles. The molecule has 1 aliphatic heterocycles. The molecule has 0 bridgehead atoms.